The van der Waals surface area contributed by atoms with Crippen molar-refractivity contribution in [2.75, 3.05) is 7.11 Å². The number of aromatic nitrogens is 2. The summed E-state index contributed by atoms with van der Waals surface area (Å²) in [5.41, 5.74) is 3.25. The van der Waals surface area contributed by atoms with E-state index in [4.69, 9.17) is 4.74 Å². The molecule has 0 amide bonds. The summed E-state index contributed by atoms with van der Waals surface area (Å²) in [6.07, 6.45) is 1.62. The third-order valence-electron chi connectivity index (χ3n) is 3.39. The van der Waals surface area contributed by atoms with Crippen LogP contribution in [0.5, 0.6) is 5.75 Å². The number of carboxylic acid groups (broad SMARTS) is 1. The fraction of sp³-hybridized carbons (Fsp3) is 0.125. The first-order valence-corrected chi connectivity index (χ1v) is 6.46. The summed E-state index contributed by atoms with van der Waals surface area (Å²) in [5.74, 6) is -0.311. The zero-order valence-electron chi connectivity index (χ0n) is 11.7. The summed E-state index contributed by atoms with van der Waals surface area (Å²) in [6, 6.07) is 10.8. The number of aromatic carboxylic acids is 1. The van der Waals surface area contributed by atoms with Crippen LogP contribution in [0.15, 0.2) is 42.7 Å². The number of carbonyl (C=O) groups is 1. The van der Waals surface area contributed by atoms with E-state index in [1.54, 1.807) is 36.2 Å². The molecule has 0 radical (unpaired) electrons. The first kappa shape index (κ1) is 13.2. The lowest BCUT2D eigenvalue weighted by Gasteiger charge is -2.12. The fourth-order valence-corrected chi connectivity index (χ4v) is 2.41. The van der Waals surface area contributed by atoms with E-state index in [0.717, 1.165) is 11.3 Å². The molecule has 3 rings (SSSR count). The van der Waals surface area contributed by atoms with Crippen molar-refractivity contribution in [2.24, 2.45) is 0 Å². The number of hydrogen-bond donors (Lipinski definition) is 1. The second-order valence-corrected chi connectivity index (χ2v) is 4.77. The summed E-state index contributed by atoms with van der Waals surface area (Å²) >= 11 is 0. The maximum Gasteiger partial charge on any atom is 0.337 e. The predicted molar refractivity (Wildman–Crippen MR) is 79.3 cm³/mol. The molecule has 1 aromatic heterocycles. The van der Waals surface area contributed by atoms with Crippen molar-refractivity contribution in [3.05, 3.63) is 53.9 Å². The number of aryl methyl sites for hydroxylation is 1. The third kappa shape index (κ3) is 2.12. The van der Waals surface area contributed by atoms with Crippen molar-refractivity contribution in [3.8, 4) is 11.4 Å². The molecular formula is C16H14N2O3. The van der Waals surface area contributed by atoms with Crippen molar-refractivity contribution < 1.29 is 14.6 Å². The summed E-state index contributed by atoms with van der Waals surface area (Å²) in [7, 11) is 1.59. The van der Waals surface area contributed by atoms with Crippen LogP contribution in [-0.2, 0) is 0 Å². The Kier molecular flexibility index (Phi) is 3.10. The van der Waals surface area contributed by atoms with Crippen LogP contribution in [0, 0.1) is 6.92 Å². The summed E-state index contributed by atoms with van der Waals surface area (Å²) in [4.78, 5) is 15.7. The number of benzene rings is 2. The van der Waals surface area contributed by atoms with Gasteiger partial charge in [-0.25, -0.2) is 9.78 Å². The Morgan fingerprint density at radius 3 is 2.81 bits per heavy atom. The van der Waals surface area contributed by atoms with Crippen LogP contribution in [0.1, 0.15) is 15.9 Å². The molecule has 106 valence electrons. The highest BCUT2D eigenvalue weighted by Crippen LogP contribution is 2.29. The van der Waals surface area contributed by atoms with Crippen LogP contribution in [-0.4, -0.2) is 27.7 Å². The first-order chi connectivity index (χ1) is 10.1. The molecule has 0 fully saturated rings. The van der Waals surface area contributed by atoms with Crippen LogP contribution in [0.25, 0.3) is 16.7 Å². The largest absolute Gasteiger partial charge is 0.495 e. The van der Waals surface area contributed by atoms with E-state index >= 15 is 0 Å². The van der Waals surface area contributed by atoms with Gasteiger partial charge in [0.1, 0.15) is 12.1 Å². The Morgan fingerprint density at radius 2 is 2.10 bits per heavy atom. The van der Waals surface area contributed by atoms with Gasteiger partial charge in [-0.1, -0.05) is 12.1 Å². The van der Waals surface area contributed by atoms with Gasteiger partial charge in [0.05, 0.1) is 29.4 Å². The number of carboxylic acids is 1. The van der Waals surface area contributed by atoms with Gasteiger partial charge in [-0.2, -0.15) is 0 Å². The Bertz CT molecular complexity index is 837. The molecule has 0 spiro atoms. The van der Waals surface area contributed by atoms with E-state index in [9.17, 15) is 9.90 Å². The average Bonchev–Trinajstić information content (AvgIpc) is 2.90. The third-order valence-corrected chi connectivity index (χ3v) is 3.39. The zero-order valence-corrected chi connectivity index (χ0v) is 11.7. The molecular weight excluding hydrogens is 268 g/mol. The number of methoxy groups -OCH3 is 1. The van der Waals surface area contributed by atoms with Gasteiger partial charge in [-0.15, -0.1) is 0 Å². The number of hydrogen-bond acceptors (Lipinski definition) is 3. The molecule has 0 unspecified atom stereocenters. The van der Waals surface area contributed by atoms with Gasteiger partial charge in [-0.05, 0) is 36.8 Å². The number of nitrogens with zero attached hydrogens (tertiary/aromatic N) is 2. The average molecular weight is 282 g/mol. The lowest BCUT2D eigenvalue weighted by Crippen LogP contribution is -2.03. The molecule has 21 heavy (non-hydrogen) atoms. The van der Waals surface area contributed by atoms with Gasteiger partial charge in [0.25, 0.3) is 0 Å². The van der Waals surface area contributed by atoms with Gasteiger partial charge in [-0.3, -0.25) is 4.57 Å². The van der Waals surface area contributed by atoms with Crippen LogP contribution < -0.4 is 4.74 Å². The quantitative estimate of drug-likeness (QED) is 0.802. The van der Waals surface area contributed by atoms with Crippen molar-refractivity contribution in [1.82, 2.24) is 9.55 Å². The minimum Gasteiger partial charge on any atom is -0.495 e. The number of fused-ring (bicyclic) bond motifs is 1. The highest BCUT2D eigenvalue weighted by molar-refractivity contribution is 6.01. The fourth-order valence-electron chi connectivity index (χ4n) is 2.41. The minimum absolute atomic E-state index is 0.216. The number of ether oxygens (including phenoxy) is 1. The molecule has 5 nitrogen and oxygen atoms in total. The summed E-state index contributed by atoms with van der Waals surface area (Å²) < 4.78 is 7.13. The van der Waals surface area contributed by atoms with E-state index < -0.39 is 5.97 Å². The van der Waals surface area contributed by atoms with Crippen LogP contribution in [0.4, 0.5) is 0 Å². The molecule has 0 aliphatic heterocycles. The highest BCUT2D eigenvalue weighted by Gasteiger charge is 2.16. The zero-order chi connectivity index (χ0) is 15.0. The van der Waals surface area contributed by atoms with E-state index in [-0.39, 0.29) is 5.56 Å². The SMILES string of the molecule is COc1ccc(C)cc1-n1cnc2cccc(C(=O)O)c21. The Labute approximate surface area is 121 Å². The Morgan fingerprint density at radius 1 is 1.29 bits per heavy atom. The molecule has 5 heteroatoms. The highest BCUT2D eigenvalue weighted by atomic mass is 16.5. The molecule has 3 aromatic rings. The second kappa shape index (κ2) is 4.94. The van der Waals surface area contributed by atoms with Crippen molar-refractivity contribution >= 4 is 17.0 Å². The topological polar surface area (TPSA) is 64.4 Å². The Hall–Kier alpha value is -2.82. The van der Waals surface area contributed by atoms with Crippen molar-refractivity contribution in [2.45, 2.75) is 6.92 Å². The molecule has 0 atom stereocenters. The lowest BCUT2D eigenvalue weighted by atomic mass is 10.1. The van der Waals surface area contributed by atoms with Crippen LogP contribution in [0.2, 0.25) is 0 Å². The van der Waals surface area contributed by atoms with Crippen molar-refractivity contribution in [3.63, 3.8) is 0 Å². The maximum absolute atomic E-state index is 11.4. The maximum atomic E-state index is 11.4. The lowest BCUT2D eigenvalue weighted by molar-refractivity contribution is 0.0698. The molecule has 1 N–H and O–H groups in total. The van der Waals surface area contributed by atoms with E-state index in [0.29, 0.717) is 16.8 Å². The van der Waals surface area contributed by atoms with E-state index in [1.165, 1.54) is 0 Å². The second-order valence-electron chi connectivity index (χ2n) is 4.77. The summed E-state index contributed by atoms with van der Waals surface area (Å²) in [5, 5.41) is 9.38. The number of para-hydroxylation sites is 1. The van der Waals surface area contributed by atoms with Crippen molar-refractivity contribution in [1.29, 1.82) is 0 Å². The van der Waals surface area contributed by atoms with Gasteiger partial charge < -0.3 is 9.84 Å². The van der Waals surface area contributed by atoms with Gasteiger partial charge in [0, 0.05) is 0 Å². The normalized spacial score (nSPS) is 10.8. The molecule has 1 heterocycles. The molecule has 0 saturated heterocycles. The van der Waals surface area contributed by atoms with Gasteiger partial charge in [0.2, 0.25) is 0 Å². The molecule has 0 aliphatic carbocycles. The van der Waals surface area contributed by atoms with Crippen LogP contribution in [0.3, 0.4) is 0 Å². The van der Waals surface area contributed by atoms with Gasteiger partial charge in [0.15, 0.2) is 0 Å². The van der Waals surface area contributed by atoms with E-state index in [2.05, 4.69) is 4.98 Å². The Balaban J connectivity index is 2.36. The molecule has 0 saturated carbocycles. The number of imidazole rings is 1. The van der Waals surface area contributed by atoms with Crippen LogP contribution >= 0.6 is 0 Å². The summed E-state index contributed by atoms with van der Waals surface area (Å²) in [6.45, 7) is 1.97. The molecule has 0 bridgehead atoms. The standard InChI is InChI=1S/C16H14N2O3/c1-10-6-7-14(21-2)13(8-10)18-9-17-12-5-3-4-11(15(12)18)16(19)20/h3-9H,1-2H3,(H,19,20). The van der Waals surface area contributed by atoms with Gasteiger partial charge >= 0.3 is 5.97 Å². The smallest absolute Gasteiger partial charge is 0.337 e. The molecule has 0 aliphatic rings. The minimum atomic E-state index is -0.978. The van der Waals surface area contributed by atoms with E-state index in [1.807, 2.05) is 25.1 Å². The monoisotopic (exact) mass is 282 g/mol. The first-order valence-electron chi connectivity index (χ1n) is 6.46. The molecule has 2 aromatic carbocycles. The predicted octanol–water partition coefficient (Wildman–Crippen LogP) is 3.04. The number of rotatable bonds is 3.